The van der Waals surface area contributed by atoms with E-state index in [1.165, 1.54) is 6.92 Å². The summed E-state index contributed by atoms with van der Waals surface area (Å²) in [5.41, 5.74) is 3.04. The van der Waals surface area contributed by atoms with Gasteiger partial charge in [0.2, 0.25) is 0 Å². The van der Waals surface area contributed by atoms with Gasteiger partial charge in [-0.2, -0.15) is 0 Å². The Morgan fingerprint density at radius 2 is 2.00 bits per heavy atom. The third-order valence-electron chi connectivity index (χ3n) is 2.05. The SMILES string of the molecule is CC(=O)OCc1cc(C)c(Cl)cc1C. The van der Waals surface area contributed by atoms with Crippen molar-refractivity contribution in [3.63, 3.8) is 0 Å². The molecular weight excluding hydrogens is 200 g/mol. The Labute approximate surface area is 88.8 Å². The van der Waals surface area contributed by atoms with Gasteiger partial charge in [-0.1, -0.05) is 17.7 Å². The predicted molar refractivity (Wildman–Crippen MR) is 56.4 cm³/mol. The Balaban J connectivity index is 2.87. The Bertz CT molecular complexity index is 359. The van der Waals surface area contributed by atoms with Crippen LogP contribution in [0, 0.1) is 13.8 Å². The van der Waals surface area contributed by atoms with Gasteiger partial charge in [-0.15, -0.1) is 0 Å². The molecule has 14 heavy (non-hydrogen) atoms. The molecule has 1 aromatic rings. The van der Waals surface area contributed by atoms with Crippen LogP contribution in [0.25, 0.3) is 0 Å². The normalized spacial score (nSPS) is 10.0. The second-order valence-corrected chi connectivity index (χ2v) is 3.72. The molecule has 0 saturated heterocycles. The van der Waals surface area contributed by atoms with E-state index in [1.807, 2.05) is 26.0 Å². The number of hydrogen-bond donors (Lipinski definition) is 0. The van der Waals surface area contributed by atoms with Crippen LogP contribution in [0.5, 0.6) is 0 Å². The molecular formula is C11H13ClO2. The highest BCUT2D eigenvalue weighted by Gasteiger charge is 2.04. The van der Waals surface area contributed by atoms with E-state index in [0.717, 1.165) is 21.7 Å². The van der Waals surface area contributed by atoms with Gasteiger partial charge in [0.25, 0.3) is 0 Å². The van der Waals surface area contributed by atoms with Gasteiger partial charge in [0.05, 0.1) is 0 Å². The van der Waals surface area contributed by atoms with Crippen molar-refractivity contribution in [1.29, 1.82) is 0 Å². The highest BCUT2D eigenvalue weighted by atomic mass is 35.5. The Morgan fingerprint density at radius 1 is 1.36 bits per heavy atom. The molecule has 0 amide bonds. The monoisotopic (exact) mass is 212 g/mol. The molecule has 0 aromatic heterocycles. The number of esters is 1. The molecule has 0 fully saturated rings. The average Bonchev–Trinajstić information content (AvgIpc) is 2.09. The minimum atomic E-state index is -0.267. The molecule has 0 aliphatic carbocycles. The van der Waals surface area contributed by atoms with E-state index in [0.29, 0.717) is 6.61 Å². The van der Waals surface area contributed by atoms with E-state index in [-0.39, 0.29) is 5.97 Å². The van der Waals surface area contributed by atoms with Crippen LogP contribution in [0.15, 0.2) is 12.1 Å². The van der Waals surface area contributed by atoms with E-state index < -0.39 is 0 Å². The molecule has 1 rings (SSSR count). The summed E-state index contributed by atoms with van der Waals surface area (Å²) in [6.07, 6.45) is 0. The first-order chi connectivity index (χ1) is 6.50. The summed E-state index contributed by atoms with van der Waals surface area (Å²) in [5, 5.41) is 0.745. The van der Waals surface area contributed by atoms with Gasteiger partial charge >= 0.3 is 5.97 Å². The number of benzene rings is 1. The second kappa shape index (κ2) is 4.47. The van der Waals surface area contributed by atoms with Crippen molar-refractivity contribution in [3.8, 4) is 0 Å². The summed E-state index contributed by atoms with van der Waals surface area (Å²) < 4.78 is 4.92. The fourth-order valence-electron chi connectivity index (χ4n) is 1.18. The molecule has 0 N–H and O–H groups in total. The topological polar surface area (TPSA) is 26.3 Å². The lowest BCUT2D eigenvalue weighted by molar-refractivity contribution is -0.142. The van der Waals surface area contributed by atoms with Gasteiger partial charge in [-0.3, -0.25) is 4.79 Å². The number of ether oxygens (including phenoxy) is 1. The van der Waals surface area contributed by atoms with Crippen molar-refractivity contribution in [1.82, 2.24) is 0 Å². The van der Waals surface area contributed by atoms with Crippen molar-refractivity contribution < 1.29 is 9.53 Å². The molecule has 0 bridgehead atoms. The number of aryl methyl sites for hydroxylation is 2. The van der Waals surface area contributed by atoms with Gasteiger partial charge in [0.15, 0.2) is 0 Å². The minimum Gasteiger partial charge on any atom is -0.461 e. The molecule has 0 aliphatic heterocycles. The zero-order chi connectivity index (χ0) is 10.7. The number of hydrogen-bond acceptors (Lipinski definition) is 2. The molecule has 0 unspecified atom stereocenters. The van der Waals surface area contributed by atoms with Crippen LogP contribution in [-0.2, 0) is 16.1 Å². The van der Waals surface area contributed by atoms with Crippen molar-refractivity contribution in [3.05, 3.63) is 33.8 Å². The molecule has 0 heterocycles. The highest BCUT2D eigenvalue weighted by molar-refractivity contribution is 6.31. The molecule has 0 aliphatic rings. The second-order valence-electron chi connectivity index (χ2n) is 3.31. The third-order valence-corrected chi connectivity index (χ3v) is 2.46. The van der Waals surface area contributed by atoms with Crippen LogP contribution in [0.2, 0.25) is 5.02 Å². The van der Waals surface area contributed by atoms with E-state index in [4.69, 9.17) is 16.3 Å². The zero-order valence-electron chi connectivity index (χ0n) is 8.56. The number of carbonyl (C=O) groups excluding carboxylic acids is 1. The van der Waals surface area contributed by atoms with Gasteiger partial charge < -0.3 is 4.74 Å². The summed E-state index contributed by atoms with van der Waals surface area (Å²) in [5.74, 6) is -0.267. The van der Waals surface area contributed by atoms with Gasteiger partial charge in [0, 0.05) is 11.9 Å². The van der Waals surface area contributed by atoms with E-state index in [1.54, 1.807) is 0 Å². The van der Waals surface area contributed by atoms with Crippen molar-refractivity contribution in [2.45, 2.75) is 27.4 Å². The fourth-order valence-corrected chi connectivity index (χ4v) is 1.39. The molecule has 76 valence electrons. The maximum Gasteiger partial charge on any atom is 0.302 e. The standard InChI is InChI=1S/C11H13ClO2/c1-7-5-11(12)8(2)4-10(7)6-14-9(3)13/h4-5H,6H2,1-3H3. The molecule has 0 saturated carbocycles. The van der Waals surface area contributed by atoms with Gasteiger partial charge in [-0.05, 0) is 36.6 Å². The van der Waals surface area contributed by atoms with E-state index in [2.05, 4.69) is 0 Å². The summed E-state index contributed by atoms with van der Waals surface area (Å²) >= 11 is 5.94. The largest absolute Gasteiger partial charge is 0.461 e. The Kier molecular flexibility index (Phi) is 3.53. The highest BCUT2D eigenvalue weighted by Crippen LogP contribution is 2.20. The molecule has 0 spiro atoms. The lowest BCUT2D eigenvalue weighted by atomic mass is 10.1. The Morgan fingerprint density at radius 3 is 2.57 bits per heavy atom. The lowest BCUT2D eigenvalue weighted by Gasteiger charge is -2.08. The first-order valence-corrected chi connectivity index (χ1v) is 4.77. The Hall–Kier alpha value is -1.02. The van der Waals surface area contributed by atoms with E-state index in [9.17, 15) is 4.79 Å². The first-order valence-electron chi connectivity index (χ1n) is 4.39. The maximum atomic E-state index is 10.6. The zero-order valence-corrected chi connectivity index (χ0v) is 9.31. The van der Waals surface area contributed by atoms with Crippen molar-refractivity contribution >= 4 is 17.6 Å². The minimum absolute atomic E-state index is 0.267. The van der Waals surface area contributed by atoms with Crippen LogP contribution in [0.1, 0.15) is 23.6 Å². The van der Waals surface area contributed by atoms with Crippen molar-refractivity contribution in [2.24, 2.45) is 0 Å². The third kappa shape index (κ3) is 2.74. The molecule has 3 heteroatoms. The van der Waals surface area contributed by atoms with Gasteiger partial charge in [-0.25, -0.2) is 0 Å². The van der Waals surface area contributed by atoms with Crippen LogP contribution in [-0.4, -0.2) is 5.97 Å². The summed E-state index contributed by atoms with van der Waals surface area (Å²) in [7, 11) is 0. The van der Waals surface area contributed by atoms with Crippen LogP contribution in [0.3, 0.4) is 0 Å². The van der Waals surface area contributed by atoms with Crippen molar-refractivity contribution in [2.75, 3.05) is 0 Å². The average molecular weight is 213 g/mol. The summed E-state index contributed by atoms with van der Waals surface area (Å²) in [6, 6.07) is 3.83. The summed E-state index contributed by atoms with van der Waals surface area (Å²) in [4.78, 5) is 10.6. The number of halogens is 1. The van der Waals surface area contributed by atoms with Crippen LogP contribution >= 0.6 is 11.6 Å². The summed E-state index contributed by atoms with van der Waals surface area (Å²) in [6.45, 7) is 5.60. The van der Waals surface area contributed by atoms with E-state index >= 15 is 0 Å². The lowest BCUT2D eigenvalue weighted by Crippen LogP contribution is -2.01. The predicted octanol–water partition coefficient (Wildman–Crippen LogP) is 3.02. The number of carbonyl (C=O) groups is 1. The quantitative estimate of drug-likeness (QED) is 0.705. The molecule has 2 nitrogen and oxygen atoms in total. The first kappa shape index (κ1) is 11.1. The molecule has 0 atom stereocenters. The fraction of sp³-hybridized carbons (Fsp3) is 0.364. The van der Waals surface area contributed by atoms with Gasteiger partial charge in [0.1, 0.15) is 6.61 Å². The molecule has 0 radical (unpaired) electrons. The smallest absolute Gasteiger partial charge is 0.302 e. The maximum absolute atomic E-state index is 10.6. The van der Waals surface area contributed by atoms with Crippen LogP contribution in [0.4, 0.5) is 0 Å². The molecule has 1 aromatic carbocycles. The van der Waals surface area contributed by atoms with Crippen LogP contribution < -0.4 is 0 Å². The number of rotatable bonds is 2.